The van der Waals surface area contributed by atoms with Gasteiger partial charge in [0.2, 0.25) is 0 Å². The Kier molecular flexibility index (Phi) is 5.15. The SMILES string of the molecule is COc1ccc2c(c1)C([P+](c1ccccc1)(c1ccccc1)c1ccccc1)CC2. The van der Waals surface area contributed by atoms with Gasteiger partial charge < -0.3 is 4.74 Å². The van der Waals surface area contributed by atoms with Crippen LogP contribution in [-0.2, 0) is 6.42 Å². The van der Waals surface area contributed by atoms with Crippen molar-refractivity contribution in [3.05, 3.63) is 120 Å². The van der Waals surface area contributed by atoms with Crippen molar-refractivity contribution < 1.29 is 4.74 Å². The molecule has 2 heteroatoms. The van der Waals surface area contributed by atoms with E-state index in [4.69, 9.17) is 4.74 Å². The molecule has 0 aromatic heterocycles. The highest BCUT2D eigenvalue weighted by Gasteiger charge is 2.54. The number of hydrogen-bond donors (Lipinski definition) is 0. The molecule has 0 amide bonds. The standard InChI is InChI=1S/C28H26OP/c1-29-23-19-17-22-18-20-28(27(22)21-23)30(24-11-5-2-6-12-24,25-13-7-3-8-14-25)26-15-9-4-10-16-26/h2-17,19,21,28H,18,20H2,1H3/q+1. The lowest BCUT2D eigenvalue weighted by Gasteiger charge is -2.33. The molecule has 0 radical (unpaired) electrons. The van der Waals surface area contributed by atoms with E-state index in [0.717, 1.165) is 18.6 Å². The first kappa shape index (κ1) is 19.1. The molecular weight excluding hydrogens is 383 g/mol. The van der Waals surface area contributed by atoms with Gasteiger partial charge in [-0.2, -0.15) is 0 Å². The molecule has 0 N–H and O–H groups in total. The van der Waals surface area contributed by atoms with Crippen molar-refractivity contribution in [2.75, 3.05) is 7.11 Å². The van der Waals surface area contributed by atoms with E-state index < -0.39 is 7.26 Å². The Morgan fingerprint density at radius 2 is 1.17 bits per heavy atom. The largest absolute Gasteiger partial charge is 0.497 e. The van der Waals surface area contributed by atoms with Crippen molar-refractivity contribution in [3.63, 3.8) is 0 Å². The second-order valence-electron chi connectivity index (χ2n) is 7.85. The number of aryl methyl sites for hydroxylation is 1. The summed E-state index contributed by atoms with van der Waals surface area (Å²) in [6.45, 7) is 0. The van der Waals surface area contributed by atoms with Crippen LogP contribution in [-0.4, -0.2) is 7.11 Å². The van der Waals surface area contributed by atoms with Crippen LogP contribution in [0.3, 0.4) is 0 Å². The molecule has 0 fully saturated rings. The maximum Gasteiger partial charge on any atom is 0.119 e. The molecule has 1 unspecified atom stereocenters. The second kappa shape index (κ2) is 8.09. The summed E-state index contributed by atoms with van der Waals surface area (Å²) in [6.07, 6.45) is 2.28. The molecule has 0 saturated heterocycles. The van der Waals surface area contributed by atoms with Crippen molar-refractivity contribution in [2.45, 2.75) is 18.5 Å². The average Bonchev–Trinajstić information content (AvgIpc) is 3.25. The van der Waals surface area contributed by atoms with E-state index in [9.17, 15) is 0 Å². The van der Waals surface area contributed by atoms with E-state index in [1.165, 1.54) is 27.0 Å². The Morgan fingerprint density at radius 3 is 1.63 bits per heavy atom. The number of ether oxygens (including phenoxy) is 1. The summed E-state index contributed by atoms with van der Waals surface area (Å²) in [4.78, 5) is 0. The van der Waals surface area contributed by atoms with Crippen LogP contribution >= 0.6 is 7.26 Å². The molecule has 0 heterocycles. The molecule has 4 aromatic rings. The smallest absolute Gasteiger partial charge is 0.119 e. The molecule has 30 heavy (non-hydrogen) atoms. The van der Waals surface area contributed by atoms with Gasteiger partial charge in [0.25, 0.3) is 0 Å². The van der Waals surface area contributed by atoms with Crippen LogP contribution in [0.2, 0.25) is 0 Å². The van der Waals surface area contributed by atoms with Crippen LogP contribution in [0.1, 0.15) is 23.2 Å². The Hall–Kier alpha value is -2.89. The van der Waals surface area contributed by atoms with E-state index >= 15 is 0 Å². The molecule has 1 nitrogen and oxygen atoms in total. The third-order valence-corrected chi connectivity index (χ3v) is 11.2. The molecule has 1 aliphatic carbocycles. The van der Waals surface area contributed by atoms with Crippen LogP contribution in [0.15, 0.2) is 109 Å². The van der Waals surface area contributed by atoms with Crippen LogP contribution < -0.4 is 20.7 Å². The van der Waals surface area contributed by atoms with Gasteiger partial charge in [0, 0.05) is 5.56 Å². The maximum absolute atomic E-state index is 5.63. The minimum atomic E-state index is -1.92. The number of hydrogen-bond acceptors (Lipinski definition) is 1. The van der Waals surface area contributed by atoms with Gasteiger partial charge in [-0.25, -0.2) is 0 Å². The highest BCUT2D eigenvalue weighted by molar-refractivity contribution is 7.96. The summed E-state index contributed by atoms with van der Waals surface area (Å²) in [5, 5.41) is 4.34. The van der Waals surface area contributed by atoms with E-state index in [-0.39, 0.29) is 0 Å². The zero-order valence-corrected chi connectivity index (χ0v) is 18.1. The van der Waals surface area contributed by atoms with Crippen LogP contribution in [0.4, 0.5) is 0 Å². The summed E-state index contributed by atoms with van der Waals surface area (Å²) in [7, 11) is -0.156. The molecule has 0 spiro atoms. The van der Waals surface area contributed by atoms with Crippen LogP contribution in [0, 0.1) is 0 Å². The first-order valence-electron chi connectivity index (χ1n) is 10.6. The second-order valence-corrected chi connectivity index (χ2v) is 11.5. The molecule has 0 saturated carbocycles. The van der Waals surface area contributed by atoms with Crippen LogP contribution in [0.5, 0.6) is 5.75 Å². The van der Waals surface area contributed by atoms with Gasteiger partial charge in [0.05, 0.1) is 7.11 Å². The van der Waals surface area contributed by atoms with Gasteiger partial charge in [-0.3, -0.25) is 0 Å². The lowest BCUT2D eigenvalue weighted by atomic mass is 10.1. The summed E-state index contributed by atoms with van der Waals surface area (Å²) in [5.74, 6) is 0.952. The summed E-state index contributed by atoms with van der Waals surface area (Å²) >= 11 is 0. The summed E-state index contributed by atoms with van der Waals surface area (Å²) in [5.41, 5.74) is 3.36. The van der Waals surface area contributed by atoms with Gasteiger partial charge in [-0.1, -0.05) is 60.7 Å². The van der Waals surface area contributed by atoms with Crippen molar-refractivity contribution in [3.8, 4) is 5.75 Å². The average molecular weight is 409 g/mol. The third kappa shape index (κ3) is 3.06. The molecule has 1 aliphatic rings. The summed E-state index contributed by atoms with van der Waals surface area (Å²) in [6, 6.07) is 40.2. The molecule has 0 aliphatic heterocycles. The predicted molar refractivity (Wildman–Crippen MR) is 129 cm³/mol. The van der Waals surface area contributed by atoms with Crippen molar-refractivity contribution >= 4 is 23.2 Å². The minimum absolute atomic E-state index is 0.440. The highest BCUT2D eigenvalue weighted by Crippen LogP contribution is 2.70. The molecule has 5 rings (SSSR count). The molecule has 148 valence electrons. The Labute approximate surface area is 179 Å². The topological polar surface area (TPSA) is 9.23 Å². The predicted octanol–water partition coefficient (Wildman–Crippen LogP) is 5.68. The van der Waals surface area contributed by atoms with E-state index in [1.54, 1.807) is 7.11 Å². The van der Waals surface area contributed by atoms with Gasteiger partial charge in [0.15, 0.2) is 0 Å². The van der Waals surface area contributed by atoms with Gasteiger partial charge in [-0.05, 0) is 66.9 Å². The van der Waals surface area contributed by atoms with E-state index in [2.05, 4.69) is 109 Å². The van der Waals surface area contributed by atoms with Crippen LogP contribution in [0.25, 0.3) is 0 Å². The Morgan fingerprint density at radius 1 is 0.667 bits per heavy atom. The zero-order valence-electron chi connectivity index (χ0n) is 17.2. The first-order valence-corrected chi connectivity index (χ1v) is 12.4. The molecule has 1 atom stereocenters. The van der Waals surface area contributed by atoms with Gasteiger partial charge >= 0.3 is 0 Å². The number of methoxy groups -OCH3 is 1. The molecule has 4 aromatic carbocycles. The lowest BCUT2D eigenvalue weighted by Crippen LogP contribution is -2.34. The zero-order chi connectivity index (χ0) is 20.4. The summed E-state index contributed by atoms with van der Waals surface area (Å²) < 4.78 is 5.63. The molecule has 0 bridgehead atoms. The van der Waals surface area contributed by atoms with E-state index in [0.29, 0.717) is 5.66 Å². The van der Waals surface area contributed by atoms with Crippen molar-refractivity contribution in [1.82, 2.24) is 0 Å². The first-order chi connectivity index (χ1) is 14.8. The highest BCUT2D eigenvalue weighted by atomic mass is 31.2. The van der Waals surface area contributed by atoms with Gasteiger partial charge in [-0.15, -0.1) is 0 Å². The lowest BCUT2D eigenvalue weighted by molar-refractivity contribution is 0.414. The fourth-order valence-electron chi connectivity index (χ4n) is 5.06. The Balaban J connectivity index is 1.85. The normalized spacial score (nSPS) is 15.6. The number of rotatable bonds is 5. The van der Waals surface area contributed by atoms with Gasteiger partial charge in [0.1, 0.15) is 34.6 Å². The third-order valence-electron chi connectivity index (χ3n) is 6.36. The number of fused-ring (bicyclic) bond motifs is 1. The minimum Gasteiger partial charge on any atom is -0.497 e. The number of benzene rings is 4. The maximum atomic E-state index is 5.63. The molecular formula is C28H26OP+. The monoisotopic (exact) mass is 409 g/mol. The Bertz CT molecular complexity index is 1030. The fraction of sp³-hybridized carbons (Fsp3) is 0.143. The quantitative estimate of drug-likeness (QED) is 0.386. The van der Waals surface area contributed by atoms with Crippen molar-refractivity contribution in [2.24, 2.45) is 0 Å². The van der Waals surface area contributed by atoms with Crippen molar-refractivity contribution in [1.29, 1.82) is 0 Å². The van der Waals surface area contributed by atoms with E-state index in [1.807, 2.05) is 0 Å². The fourth-order valence-corrected chi connectivity index (χ4v) is 10.1.